The number of halogens is 3. The molecule has 0 saturated carbocycles. The highest BCUT2D eigenvalue weighted by Gasteiger charge is 2.31. The van der Waals surface area contributed by atoms with Crippen LogP contribution in [0.1, 0.15) is 21.5 Å². The fourth-order valence-electron chi connectivity index (χ4n) is 1.51. The second kappa shape index (κ2) is 5.09. The second-order valence-corrected chi connectivity index (χ2v) is 3.84. The van der Waals surface area contributed by atoms with Crippen molar-refractivity contribution in [3.05, 3.63) is 53.5 Å². The third-order valence-corrected chi connectivity index (χ3v) is 2.50. The van der Waals surface area contributed by atoms with Gasteiger partial charge in [0.25, 0.3) is 5.91 Å². The molecule has 0 bridgehead atoms. The van der Waals surface area contributed by atoms with Crippen LogP contribution in [0.3, 0.4) is 0 Å². The molecule has 1 N–H and O–H groups in total. The van der Waals surface area contributed by atoms with E-state index in [9.17, 15) is 18.0 Å². The van der Waals surface area contributed by atoms with Crippen LogP contribution in [0.15, 0.2) is 41.2 Å². The van der Waals surface area contributed by atoms with Gasteiger partial charge in [-0.3, -0.25) is 4.79 Å². The van der Waals surface area contributed by atoms with Crippen molar-refractivity contribution in [3.63, 3.8) is 0 Å². The Morgan fingerprint density at radius 3 is 2.60 bits per heavy atom. The molecule has 0 aliphatic heterocycles. The third kappa shape index (κ3) is 2.80. The summed E-state index contributed by atoms with van der Waals surface area (Å²) in [7, 11) is 0. The van der Waals surface area contributed by atoms with Gasteiger partial charge in [0.2, 0.25) is 0 Å². The van der Waals surface area contributed by atoms with Crippen molar-refractivity contribution >= 4 is 11.6 Å². The molecule has 4 nitrogen and oxygen atoms in total. The van der Waals surface area contributed by atoms with Gasteiger partial charge in [0, 0.05) is 0 Å². The van der Waals surface area contributed by atoms with Crippen LogP contribution < -0.4 is 5.32 Å². The Hall–Kier alpha value is -2.75. The summed E-state index contributed by atoms with van der Waals surface area (Å²) in [6.07, 6.45) is -2.07. The van der Waals surface area contributed by atoms with Gasteiger partial charge >= 0.3 is 6.18 Å². The molecular weight excluding hydrogens is 273 g/mol. The first-order valence-corrected chi connectivity index (χ1v) is 5.36. The lowest BCUT2D eigenvalue weighted by atomic mass is 10.1. The summed E-state index contributed by atoms with van der Waals surface area (Å²) >= 11 is 0. The van der Waals surface area contributed by atoms with E-state index >= 15 is 0 Å². The molecule has 0 radical (unpaired) electrons. The number of hydrogen-bond acceptors (Lipinski definition) is 3. The highest BCUT2D eigenvalue weighted by molar-refractivity contribution is 6.04. The predicted molar refractivity (Wildman–Crippen MR) is 62.8 cm³/mol. The maximum atomic E-state index is 12.5. The van der Waals surface area contributed by atoms with Crippen LogP contribution in [0, 0.1) is 11.3 Å². The molecule has 1 heterocycles. The van der Waals surface area contributed by atoms with Gasteiger partial charge in [-0.2, -0.15) is 18.4 Å². The van der Waals surface area contributed by atoms with Crippen LogP contribution in [0.25, 0.3) is 0 Å². The average Bonchev–Trinajstić information content (AvgIpc) is 2.91. The van der Waals surface area contributed by atoms with Crippen LogP contribution in [0.4, 0.5) is 18.9 Å². The minimum atomic E-state index is -4.54. The molecule has 1 aromatic carbocycles. The van der Waals surface area contributed by atoms with Crippen LogP contribution in [-0.2, 0) is 6.18 Å². The average molecular weight is 280 g/mol. The number of nitriles is 1. The van der Waals surface area contributed by atoms with Crippen molar-refractivity contribution in [2.24, 2.45) is 0 Å². The highest BCUT2D eigenvalue weighted by atomic mass is 19.4. The zero-order chi connectivity index (χ0) is 14.8. The standard InChI is InChI=1S/C13H7F3N2O2/c14-13(15,16)10-1-2-11(9(5-10)6-17)18-12(19)8-3-4-20-7-8/h1-5,7H,(H,18,19). The molecule has 1 aromatic heterocycles. The van der Waals surface area contributed by atoms with E-state index in [0.29, 0.717) is 6.07 Å². The minimum absolute atomic E-state index is 0.00620. The van der Waals surface area contributed by atoms with Gasteiger partial charge in [0.1, 0.15) is 12.3 Å². The van der Waals surface area contributed by atoms with Crippen LogP contribution >= 0.6 is 0 Å². The number of furan rings is 1. The van der Waals surface area contributed by atoms with Crippen molar-refractivity contribution in [1.82, 2.24) is 0 Å². The van der Waals surface area contributed by atoms with Crippen LogP contribution in [0.5, 0.6) is 0 Å². The summed E-state index contributed by atoms with van der Waals surface area (Å²) in [5.41, 5.74) is -1.01. The Morgan fingerprint density at radius 2 is 2.05 bits per heavy atom. The number of carbonyl (C=O) groups is 1. The molecule has 0 fully saturated rings. The summed E-state index contributed by atoms with van der Waals surface area (Å²) in [6, 6.07) is 5.54. The normalized spacial score (nSPS) is 10.9. The molecule has 0 spiro atoms. The molecule has 20 heavy (non-hydrogen) atoms. The van der Waals surface area contributed by atoms with Gasteiger partial charge in [-0.05, 0) is 24.3 Å². The fourth-order valence-corrected chi connectivity index (χ4v) is 1.51. The molecule has 0 atom stereocenters. The van der Waals surface area contributed by atoms with E-state index in [0.717, 1.165) is 12.1 Å². The summed E-state index contributed by atoms with van der Waals surface area (Å²) in [5, 5.41) is 11.2. The molecule has 0 aliphatic carbocycles. The molecule has 0 saturated heterocycles. The number of amides is 1. The lowest BCUT2D eigenvalue weighted by Crippen LogP contribution is -2.13. The minimum Gasteiger partial charge on any atom is -0.472 e. The molecule has 0 unspecified atom stereocenters. The van der Waals surface area contributed by atoms with Gasteiger partial charge in [0.05, 0.1) is 28.6 Å². The number of nitrogens with zero attached hydrogens (tertiary/aromatic N) is 1. The van der Waals surface area contributed by atoms with Crippen molar-refractivity contribution < 1.29 is 22.4 Å². The first-order chi connectivity index (χ1) is 9.41. The molecular formula is C13H7F3N2O2. The number of carbonyl (C=O) groups excluding carboxylic acids is 1. The SMILES string of the molecule is N#Cc1cc(C(F)(F)F)ccc1NC(=O)c1ccoc1. The molecule has 2 aromatic rings. The Kier molecular flexibility index (Phi) is 3.48. The quantitative estimate of drug-likeness (QED) is 0.916. The number of alkyl halides is 3. The van der Waals surface area contributed by atoms with E-state index in [-0.39, 0.29) is 16.8 Å². The summed E-state index contributed by atoms with van der Waals surface area (Å²) < 4.78 is 42.3. The first kappa shape index (κ1) is 13.7. The van der Waals surface area contributed by atoms with E-state index in [1.165, 1.54) is 18.6 Å². The van der Waals surface area contributed by atoms with E-state index in [4.69, 9.17) is 9.68 Å². The smallest absolute Gasteiger partial charge is 0.416 e. The van der Waals surface area contributed by atoms with Crippen molar-refractivity contribution in [2.45, 2.75) is 6.18 Å². The number of nitrogens with one attached hydrogen (secondary N) is 1. The summed E-state index contributed by atoms with van der Waals surface area (Å²) in [6.45, 7) is 0. The third-order valence-electron chi connectivity index (χ3n) is 2.50. The first-order valence-electron chi connectivity index (χ1n) is 5.36. The van der Waals surface area contributed by atoms with E-state index < -0.39 is 17.6 Å². The van der Waals surface area contributed by atoms with Crippen molar-refractivity contribution in [2.75, 3.05) is 5.32 Å². The predicted octanol–water partition coefficient (Wildman–Crippen LogP) is 3.42. The van der Waals surface area contributed by atoms with E-state index in [2.05, 4.69) is 5.32 Å². The number of rotatable bonds is 2. The number of hydrogen-bond donors (Lipinski definition) is 1. The largest absolute Gasteiger partial charge is 0.472 e. The number of anilines is 1. The maximum absolute atomic E-state index is 12.5. The van der Waals surface area contributed by atoms with E-state index in [1.807, 2.05) is 0 Å². The lowest BCUT2D eigenvalue weighted by molar-refractivity contribution is -0.137. The molecule has 1 amide bonds. The maximum Gasteiger partial charge on any atom is 0.416 e. The van der Waals surface area contributed by atoms with Gasteiger partial charge in [-0.25, -0.2) is 0 Å². The Bertz CT molecular complexity index is 670. The zero-order valence-corrected chi connectivity index (χ0v) is 9.86. The Morgan fingerprint density at radius 1 is 1.30 bits per heavy atom. The van der Waals surface area contributed by atoms with Crippen LogP contribution in [-0.4, -0.2) is 5.91 Å². The van der Waals surface area contributed by atoms with Gasteiger partial charge in [0.15, 0.2) is 0 Å². The summed E-state index contributed by atoms with van der Waals surface area (Å²) in [5.74, 6) is -0.574. The summed E-state index contributed by atoms with van der Waals surface area (Å²) in [4.78, 5) is 11.7. The monoisotopic (exact) mass is 280 g/mol. The van der Waals surface area contributed by atoms with Gasteiger partial charge < -0.3 is 9.73 Å². The second-order valence-electron chi connectivity index (χ2n) is 3.84. The Labute approximate surface area is 111 Å². The Balaban J connectivity index is 2.29. The van der Waals surface area contributed by atoms with Crippen molar-refractivity contribution in [3.8, 4) is 6.07 Å². The van der Waals surface area contributed by atoms with Gasteiger partial charge in [-0.15, -0.1) is 0 Å². The molecule has 7 heteroatoms. The zero-order valence-electron chi connectivity index (χ0n) is 9.86. The fraction of sp³-hybridized carbons (Fsp3) is 0.0769. The number of benzene rings is 1. The molecule has 0 aliphatic rings. The molecule has 2 rings (SSSR count). The van der Waals surface area contributed by atoms with Crippen molar-refractivity contribution in [1.29, 1.82) is 5.26 Å². The van der Waals surface area contributed by atoms with Crippen LogP contribution in [0.2, 0.25) is 0 Å². The molecule has 102 valence electrons. The lowest BCUT2D eigenvalue weighted by Gasteiger charge is -2.10. The topological polar surface area (TPSA) is 66.0 Å². The van der Waals surface area contributed by atoms with E-state index in [1.54, 1.807) is 6.07 Å². The highest BCUT2D eigenvalue weighted by Crippen LogP contribution is 2.31. The van der Waals surface area contributed by atoms with Gasteiger partial charge in [-0.1, -0.05) is 0 Å².